The highest BCUT2D eigenvalue weighted by Gasteiger charge is 2.26. The summed E-state index contributed by atoms with van der Waals surface area (Å²) in [6.45, 7) is 7.60. The lowest BCUT2D eigenvalue weighted by molar-refractivity contribution is -0.153. The van der Waals surface area contributed by atoms with Gasteiger partial charge in [-0.15, -0.1) is 0 Å². The summed E-state index contributed by atoms with van der Waals surface area (Å²) in [4.78, 5) is 30.0. The molecule has 1 N–H and O–H groups in total. The van der Waals surface area contributed by atoms with Crippen molar-refractivity contribution in [2.45, 2.75) is 46.3 Å². The fourth-order valence-corrected chi connectivity index (χ4v) is 2.94. The average molecular weight is 416 g/mol. The predicted molar refractivity (Wildman–Crippen MR) is 112 cm³/mol. The van der Waals surface area contributed by atoms with Crippen LogP contribution >= 0.6 is 0 Å². The van der Waals surface area contributed by atoms with Crippen molar-refractivity contribution in [1.29, 1.82) is 0 Å². The molecular formula is C22H28N2O6. The third-order valence-corrected chi connectivity index (χ3v) is 4.16. The van der Waals surface area contributed by atoms with E-state index >= 15 is 0 Å². The molecule has 0 saturated heterocycles. The standard InChI is InChI=1S/C22H28N2O6/c1-6-29-18-11-10-16(13-19(21(25)26)30-14(2)3)12-17(18)24(22(27)28-5)20-9-7-8-15(4)23-20/h7-12,14,19H,6,13H2,1-5H3,(H,25,26). The number of pyridine rings is 1. The van der Waals surface area contributed by atoms with E-state index in [9.17, 15) is 14.7 Å². The van der Waals surface area contributed by atoms with E-state index < -0.39 is 18.2 Å². The van der Waals surface area contributed by atoms with Gasteiger partial charge in [-0.05, 0) is 57.5 Å². The van der Waals surface area contributed by atoms with E-state index in [-0.39, 0.29) is 12.5 Å². The second kappa shape index (κ2) is 10.6. The lowest BCUT2D eigenvalue weighted by atomic mass is 10.1. The Kier molecular flexibility index (Phi) is 8.17. The summed E-state index contributed by atoms with van der Waals surface area (Å²) < 4.78 is 16.2. The Morgan fingerprint density at radius 3 is 2.50 bits per heavy atom. The minimum atomic E-state index is -1.05. The van der Waals surface area contributed by atoms with Crippen LogP contribution in [0.3, 0.4) is 0 Å². The molecule has 1 amide bonds. The number of hydrogen-bond acceptors (Lipinski definition) is 6. The van der Waals surface area contributed by atoms with Crippen LogP contribution in [0.25, 0.3) is 0 Å². The van der Waals surface area contributed by atoms with Gasteiger partial charge in [-0.25, -0.2) is 19.5 Å². The normalized spacial score (nSPS) is 11.8. The molecule has 0 saturated carbocycles. The van der Waals surface area contributed by atoms with Crippen LogP contribution in [0.1, 0.15) is 32.0 Å². The number of amides is 1. The van der Waals surface area contributed by atoms with Crippen LogP contribution < -0.4 is 9.64 Å². The Morgan fingerprint density at radius 1 is 1.20 bits per heavy atom. The number of methoxy groups -OCH3 is 1. The number of nitrogens with zero attached hydrogens (tertiary/aromatic N) is 2. The van der Waals surface area contributed by atoms with Crippen LogP contribution in [0.2, 0.25) is 0 Å². The van der Waals surface area contributed by atoms with Crippen LogP contribution in [0.5, 0.6) is 5.75 Å². The van der Waals surface area contributed by atoms with E-state index in [0.29, 0.717) is 29.4 Å². The molecule has 0 bridgehead atoms. The zero-order valence-corrected chi connectivity index (χ0v) is 17.9. The number of carboxylic acids is 1. The zero-order valence-electron chi connectivity index (χ0n) is 17.9. The van der Waals surface area contributed by atoms with Crippen LogP contribution in [0.15, 0.2) is 36.4 Å². The summed E-state index contributed by atoms with van der Waals surface area (Å²) in [6.07, 6.45) is -1.77. The molecule has 8 heteroatoms. The largest absolute Gasteiger partial charge is 0.492 e. The van der Waals surface area contributed by atoms with E-state index in [2.05, 4.69) is 4.98 Å². The molecule has 0 fully saturated rings. The van der Waals surface area contributed by atoms with Gasteiger partial charge in [-0.3, -0.25) is 0 Å². The zero-order chi connectivity index (χ0) is 22.3. The fraction of sp³-hybridized carbons (Fsp3) is 0.409. The molecule has 0 radical (unpaired) electrons. The molecule has 162 valence electrons. The number of rotatable bonds is 9. The Morgan fingerprint density at radius 2 is 1.93 bits per heavy atom. The molecule has 1 unspecified atom stereocenters. The molecule has 30 heavy (non-hydrogen) atoms. The summed E-state index contributed by atoms with van der Waals surface area (Å²) in [7, 11) is 1.28. The lowest BCUT2D eigenvalue weighted by Crippen LogP contribution is -2.30. The highest BCUT2D eigenvalue weighted by molar-refractivity contribution is 5.96. The van der Waals surface area contributed by atoms with Crippen molar-refractivity contribution < 1.29 is 28.9 Å². The van der Waals surface area contributed by atoms with Gasteiger partial charge in [0.1, 0.15) is 11.6 Å². The van der Waals surface area contributed by atoms with E-state index in [4.69, 9.17) is 14.2 Å². The molecule has 0 spiro atoms. The molecule has 8 nitrogen and oxygen atoms in total. The summed E-state index contributed by atoms with van der Waals surface area (Å²) >= 11 is 0. The first kappa shape index (κ1) is 23.2. The maximum Gasteiger partial charge on any atom is 0.420 e. The van der Waals surface area contributed by atoms with Crippen molar-refractivity contribution in [3.05, 3.63) is 47.7 Å². The number of aromatic nitrogens is 1. The van der Waals surface area contributed by atoms with Gasteiger partial charge < -0.3 is 19.3 Å². The molecule has 1 heterocycles. The number of carbonyl (C=O) groups excluding carboxylic acids is 1. The first-order valence-electron chi connectivity index (χ1n) is 9.72. The SMILES string of the molecule is CCOc1ccc(CC(OC(C)C)C(=O)O)cc1N(C(=O)OC)c1cccc(C)n1. The number of anilines is 2. The fourth-order valence-electron chi connectivity index (χ4n) is 2.94. The molecule has 1 aromatic carbocycles. The smallest absolute Gasteiger partial charge is 0.420 e. The van der Waals surface area contributed by atoms with Crippen LogP contribution in [0, 0.1) is 6.92 Å². The maximum absolute atomic E-state index is 12.7. The molecule has 0 aliphatic heterocycles. The number of aryl methyl sites for hydroxylation is 1. The van der Waals surface area contributed by atoms with Crippen molar-refractivity contribution >= 4 is 23.6 Å². The first-order valence-corrected chi connectivity index (χ1v) is 9.72. The molecular weight excluding hydrogens is 388 g/mol. The second-order valence-corrected chi connectivity index (χ2v) is 6.89. The Hall–Kier alpha value is -3.13. The maximum atomic E-state index is 12.7. The molecule has 0 aliphatic carbocycles. The van der Waals surface area contributed by atoms with E-state index in [1.165, 1.54) is 12.0 Å². The third kappa shape index (κ3) is 5.93. The molecule has 1 aromatic heterocycles. The molecule has 1 atom stereocenters. The van der Waals surface area contributed by atoms with Crippen molar-refractivity contribution in [3.8, 4) is 5.75 Å². The summed E-state index contributed by atoms with van der Waals surface area (Å²) in [6, 6.07) is 10.5. The summed E-state index contributed by atoms with van der Waals surface area (Å²) in [5.74, 6) is -0.232. The van der Waals surface area contributed by atoms with Gasteiger partial charge in [0.25, 0.3) is 0 Å². The highest BCUT2D eigenvalue weighted by atomic mass is 16.5. The summed E-state index contributed by atoms with van der Waals surface area (Å²) in [5.41, 5.74) is 1.81. The first-order chi connectivity index (χ1) is 14.3. The topological polar surface area (TPSA) is 98.2 Å². The van der Waals surface area contributed by atoms with Gasteiger partial charge in [0.05, 0.1) is 25.5 Å². The monoisotopic (exact) mass is 416 g/mol. The van der Waals surface area contributed by atoms with E-state index in [1.807, 2.05) is 19.9 Å². The van der Waals surface area contributed by atoms with Gasteiger partial charge in [-0.1, -0.05) is 12.1 Å². The number of hydrogen-bond donors (Lipinski definition) is 1. The van der Waals surface area contributed by atoms with Gasteiger partial charge in [0.15, 0.2) is 6.10 Å². The third-order valence-electron chi connectivity index (χ3n) is 4.16. The highest BCUT2D eigenvalue weighted by Crippen LogP contribution is 2.35. The Bertz CT molecular complexity index is 884. The van der Waals surface area contributed by atoms with Crippen molar-refractivity contribution in [3.63, 3.8) is 0 Å². The van der Waals surface area contributed by atoms with Crippen molar-refractivity contribution in [2.75, 3.05) is 18.6 Å². The number of aliphatic carboxylic acids is 1. The molecule has 2 aromatic rings. The van der Waals surface area contributed by atoms with Gasteiger partial charge in [0.2, 0.25) is 0 Å². The minimum absolute atomic E-state index is 0.128. The number of benzene rings is 1. The van der Waals surface area contributed by atoms with Crippen LogP contribution in [-0.4, -0.2) is 48.1 Å². The van der Waals surface area contributed by atoms with Crippen molar-refractivity contribution in [2.24, 2.45) is 0 Å². The van der Waals surface area contributed by atoms with Crippen LogP contribution in [0.4, 0.5) is 16.3 Å². The van der Waals surface area contributed by atoms with E-state index in [1.54, 1.807) is 44.2 Å². The van der Waals surface area contributed by atoms with Crippen molar-refractivity contribution in [1.82, 2.24) is 4.98 Å². The quantitative estimate of drug-likeness (QED) is 0.657. The molecule has 2 rings (SSSR count). The average Bonchev–Trinajstić information content (AvgIpc) is 2.69. The van der Waals surface area contributed by atoms with Crippen LogP contribution in [-0.2, 0) is 20.7 Å². The number of carbonyl (C=O) groups is 2. The van der Waals surface area contributed by atoms with Gasteiger partial charge >= 0.3 is 12.1 Å². The summed E-state index contributed by atoms with van der Waals surface area (Å²) in [5, 5.41) is 9.49. The Balaban J connectivity index is 2.54. The van der Waals surface area contributed by atoms with E-state index in [0.717, 1.165) is 5.69 Å². The second-order valence-electron chi connectivity index (χ2n) is 6.89. The minimum Gasteiger partial charge on any atom is -0.492 e. The molecule has 0 aliphatic rings. The number of carboxylic acid groups (broad SMARTS) is 1. The van der Waals surface area contributed by atoms with Gasteiger partial charge in [-0.2, -0.15) is 0 Å². The van der Waals surface area contributed by atoms with Gasteiger partial charge in [0, 0.05) is 12.1 Å². The number of ether oxygens (including phenoxy) is 3. The lowest BCUT2D eigenvalue weighted by Gasteiger charge is -2.24. The Labute approximate surface area is 176 Å². The predicted octanol–water partition coefficient (Wildman–Crippen LogP) is 4.11.